The van der Waals surface area contributed by atoms with Gasteiger partial charge in [-0.1, -0.05) is 29.3 Å². The summed E-state index contributed by atoms with van der Waals surface area (Å²) < 4.78 is 29.4. The molecular weight excluding hydrogens is 353 g/mol. The number of aryl methyl sites for hydroxylation is 1. The van der Waals surface area contributed by atoms with Gasteiger partial charge < -0.3 is 4.18 Å². The zero-order valence-corrected chi connectivity index (χ0v) is 13.4. The molecule has 0 aliphatic rings. The summed E-state index contributed by atoms with van der Waals surface area (Å²) in [6.45, 7) is 1.64. The van der Waals surface area contributed by atoms with Gasteiger partial charge in [0.05, 0.1) is 4.92 Å². The Labute approximate surface area is 136 Å². The highest BCUT2D eigenvalue weighted by Crippen LogP contribution is 2.30. The topological polar surface area (TPSA) is 86.5 Å². The SMILES string of the molecule is Cc1ccc(Cl)cc1OS(=O)(=O)c1ccc(Cl)c([N+](=O)[O-])c1. The van der Waals surface area contributed by atoms with Crippen LogP contribution in [-0.2, 0) is 10.1 Å². The Balaban J connectivity index is 2.45. The molecule has 2 aromatic carbocycles. The zero-order chi connectivity index (χ0) is 16.5. The molecule has 116 valence electrons. The van der Waals surface area contributed by atoms with Gasteiger partial charge in [0, 0.05) is 17.2 Å². The summed E-state index contributed by atoms with van der Waals surface area (Å²) in [5.41, 5.74) is 0.0330. The summed E-state index contributed by atoms with van der Waals surface area (Å²) in [5, 5.41) is 11.0. The molecule has 0 unspecified atom stereocenters. The third-order valence-corrected chi connectivity index (χ3v) is 4.54. The number of hydrogen-bond acceptors (Lipinski definition) is 5. The second-order valence-electron chi connectivity index (χ2n) is 4.32. The molecule has 2 rings (SSSR count). The highest BCUT2D eigenvalue weighted by molar-refractivity contribution is 7.87. The van der Waals surface area contributed by atoms with Gasteiger partial charge >= 0.3 is 10.1 Å². The molecule has 0 heterocycles. The largest absolute Gasteiger partial charge is 0.379 e. The number of nitro benzene ring substituents is 1. The number of hydrogen-bond donors (Lipinski definition) is 0. The summed E-state index contributed by atoms with van der Waals surface area (Å²) in [5.74, 6) is 0.0464. The monoisotopic (exact) mass is 361 g/mol. The quantitative estimate of drug-likeness (QED) is 0.467. The highest BCUT2D eigenvalue weighted by atomic mass is 35.5. The van der Waals surface area contributed by atoms with Crippen LogP contribution in [0, 0.1) is 17.0 Å². The maximum Gasteiger partial charge on any atom is 0.339 e. The molecule has 0 fully saturated rings. The van der Waals surface area contributed by atoms with Crippen LogP contribution >= 0.6 is 23.2 Å². The van der Waals surface area contributed by atoms with Crippen LogP contribution in [0.4, 0.5) is 5.69 Å². The molecule has 0 saturated heterocycles. The van der Waals surface area contributed by atoms with Crippen molar-refractivity contribution in [1.82, 2.24) is 0 Å². The lowest BCUT2D eigenvalue weighted by atomic mass is 10.2. The Hall–Kier alpha value is -1.83. The van der Waals surface area contributed by atoms with Crippen molar-refractivity contribution < 1.29 is 17.5 Å². The normalized spacial score (nSPS) is 11.2. The minimum atomic E-state index is -4.25. The van der Waals surface area contributed by atoms with Crippen LogP contribution in [0.15, 0.2) is 41.3 Å². The van der Waals surface area contributed by atoms with Crippen LogP contribution in [0.5, 0.6) is 5.75 Å². The Morgan fingerprint density at radius 2 is 1.82 bits per heavy atom. The Bertz CT molecular complexity index is 852. The summed E-state index contributed by atoms with van der Waals surface area (Å²) in [7, 11) is -4.25. The first-order valence-electron chi connectivity index (χ1n) is 5.85. The number of nitro groups is 1. The molecule has 0 bridgehead atoms. The maximum atomic E-state index is 12.2. The van der Waals surface area contributed by atoms with E-state index in [1.165, 1.54) is 6.07 Å². The molecule has 0 amide bonds. The van der Waals surface area contributed by atoms with E-state index in [0.717, 1.165) is 18.2 Å². The molecule has 0 aliphatic heterocycles. The molecule has 0 spiro atoms. The van der Waals surface area contributed by atoms with E-state index < -0.39 is 20.7 Å². The minimum Gasteiger partial charge on any atom is -0.379 e. The van der Waals surface area contributed by atoms with Crippen molar-refractivity contribution in [3.05, 3.63) is 62.1 Å². The van der Waals surface area contributed by atoms with Crippen molar-refractivity contribution in [3.8, 4) is 5.75 Å². The van der Waals surface area contributed by atoms with Gasteiger partial charge in [-0.3, -0.25) is 10.1 Å². The predicted molar refractivity (Wildman–Crippen MR) is 82.1 cm³/mol. The fourth-order valence-corrected chi connectivity index (χ4v) is 2.97. The molecule has 0 radical (unpaired) electrons. The lowest BCUT2D eigenvalue weighted by Gasteiger charge is -2.10. The van der Waals surface area contributed by atoms with Crippen molar-refractivity contribution in [2.45, 2.75) is 11.8 Å². The molecule has 0 aliphatic carbocycles. The summed E-state index contributed by atoms with van der Waals surface area (Å²) in [6, 6.07) is 7.63. The molecule has 0 N–H and O–H groups in total. The molecule has 0 saturated carbocycles. The van der Waals surface area contributed by atoms with Gasteiger partial charge in [0.1, 0.15) is 15.7 Å². The van der Waals surface area contributed by atoms with Crippen molar-refractivity contribution >= 4 is 39.0 Å². The Morgan fingerprint density at radius 1 is 1.14 bits per heavy atom. The van der Waals surface area contributed by atoms with Gasteiger partial charge in [0.2, 0.25) is 0 Å². The number of nitrogens with zero attached hydrogens (tertiary/aromatic N) is 1. The third kappa shape index (κ3) is 3.49. The molecule has 0 atom stereocenters. The number of benzene rings is 2. The van der Waals surface area contributed by atoms with E-state index >= 15 is 0 Å². The van der Waals surface area contributed by atoms with Gasteiger partial charge in [0.25, 0.3) is 5.69 Å². The third-order valence-electron chi connectivity index (χ3n) is 2.75. The van der Waals surface area contributed by atoms with Crippen molar-refractivity contribution in [3.63, 3.8) is 0 Å². The summed E-state index contributed by atoms with van der Waals surface area (Å²) in [4.78, 5) is 9.68. The van der Waals surface area contributed by atoms with Crippen LogP contribution in [-0.4, -0.2) is 13.3 Å². The molecule has 0 aromatic heterocycles. The van der Waals surface area contributed by atoms with E-state index in [4.69, 9.17) is 27.4 Å². The summed E-state index contributed by atoms with van der Waals surface area (Å²) >= 11 is 11.5. The summed E-state index contributed by atoms with van der Waals surface area (Å²) in [6.07, 6.45) is 0. The van der Waals surface area contributed by atoms with E-state index in [1.54, 1.807) is 19.1 Å². The molecule has 9 heteroatoms. The van der Waals surface area contributed by atoms with E-state index in [-0.39, 0.29) is 15.7 Å². The first-order valence-corrected chi connectivity index (χ1v) is 8.02. The van der Waals surface area contributed by atoms with Crippen LogP contribution in [0.1, 0.15) is 5.56 Å². The van der Waals surface area contributed by atoms with Crippen molar-refractivity contribution in [2.75, 3.05) is 0 Å². The Morgan fingerprint density at radius 3 is 2.45 bits per heavy atom. The van der Waals surface area contributed by atoms with Crippen molar-refractivity contribution in [2.24, 2.45) is 0 Å². The smallest absolute Gasteiger partial charge is 0.339 e. The van der Waals surface area contributed by atoms with Crippen LogP contribution in [0.3, 0.4) is 0 Å². The first-order chi connectivity index (χ1) is 10.2. The molecule has 6 nitrogen and oxygen atoms in total. The maximum absolute atomic E-state index is 12.2. The number of halogens is 2. The second-order valence-corrected chi connectivity index (χ2v) is 6.71. The van der Waals surface area contributed by atoms with Gasteiger partial charge in [-0.2, -0.15) is 8.42 Å². The minimum absolute atomic E-state index is 0.0464. The lowest BCUT2D eigenvalue weighted by Crippen LogP contribution is -2.11. The fourth-order valence-electron chi connectivity index (χ4n) is 1.62. The standard InChI is InChI=1S/C13H9Cl2NO5S/c1-8-2-3-9(14)6-13(8)21-22(19,20)10-4-5-11(15)12(7-10)16(17)18/h2-7H,1H3. The van der Waals surface area contributed by atoms with E-state index in [9.17, 15) is 18.5 Å². The predicted octanol–water partition coefficient (Wildman–Crippen LogP) is 3.98. The molecule has 22 heavy (non-hydrogen) atoms. The van der Waals surface area contributed by atoms with Gasteiger partial charge in [-0.15, -0.1) is 0 Å². The van der Waals surface area contributed by atoms with Gasteiger partial charge in [-0.25, -0.2) is 0 Å². The number of rotatable bonds is 4. The molecule has 2 aromatic rings. The van der Waals surface area contributed by atoms with Gasteiger partial charge in [-0.05, 0) is 30.7 Å². The van der Waals surface area contributed by atoms with Crippen molar-refractivity contribution in [1.29, 1.82) is 0 Å². The highest BCUT2D eigenvalue weighted by Gasteiger charge is 2.23. The Kier molecular flexibility index (Phi) is 4.60. The van der Waals surface area contributed by atoms with Crippen LogP contribution in [0.25, 0.3) is 0 Å². The lowest BCUT2D eigenvalue weighted by molar-refractivity contribution is -0.384. The van der Waals surface area contributed by atoms with E-state index in [0.29, 0.717) is 10.6 Å². The molecular formula is C13H9Cl2NO5S. The van der Waals surface area contributed by atoms with E-state index in [1.807, 2.05) is 0 Å². The average Bonchev–Trinajstić information content (AvgIpc) is 2.42. The zero-order valence-electron chi connectivity index (χ0n) is 11.1. The van der Waals surface area contributed by atoms with Crippen LogP contribution < -0.4 is 4.18 Å². The second kappa shape index (κ2) is 6.12. The van der Waals surface area contributed by atoms with Gasteiger partial charge in [0.15, 0.2) is 0 Å². The fraction of sp³-hybridized carbons (Fsp3) is 0.0769. The van der Waals surface area contributed by atoms with Crippen LogP contribution in [0.2, 0.25) is 10.0 Å². The first kappa shape index (κ1) is 16.5. The average molecular weight is 362 g/mol. The van der Waals surface area contributed by atoms with E-state index in [2.05, 4.69) is 0 Å².